The fraction of sp³-hybridized carbons (Fsp3) is 0.700. The number of aliphatic hydroxyl groups is 1. The molecule has 0 amide bonds. The Morgan fingerprint density at radius 1 is 1.38 bits per heavy atom. The summed E-state index contributed by atoms with van der Waals surface area (Å²) in [5.41, 5.74) is 0. The first-order valence-electron chi connectivity index (χ1n) is 4.98. The zero-order valence-corrected chi connectivity index (χ0v) is 8.06. The van der Waals surface area contributed by atoms with Crippen molar-refractivity contribution in [2.45, 2.75) is 37.8 Å². The van der Waals surface area contributed by atoms with Crippen LogP contribution in [-0.2, 0) is 7.05 Å². The van der Waals surface area contributed by atoms with E-state index in [0.717, 1.165) is 12.8 Å². The number of aliphatic hydroxyl groups excluding tert-OH is 1. The van der Waals surface area contributed by atoms with Gasteiger partial charge in [0.15, 0.2) is 0 Å². The molecule has 1 aromatic heterocycles. The van der Waals surface area contributed by atoms with Gasteiger partial charge in [0, 0.05) is 0 Å². The van der Waals surface area contributed by atoms with E-state index in [2.05, 4.69) is 4.57 Å². The summed E-state index contributed by atoms with van der Waals surface area (Å²) in [4.78, 5) is 0. The van der Waals surface area contributed by atoms with Crippen molar-refractivity contribution in [2.75, 3.05) is 0 Å². The van der Waals surface area contributed by atoms with Crippen molar-refractivity contribution in [3.63, 3.8) is 0 Å². The van der Waals surface area contributed by atoms with Gasteiger partial charge in [0.1, 0.15) is 18.4 Å². The number of hydrogen-bond acceptors (Lipinski definition) is 1. The number of hydrogen-bond donors (Lipinski definition) is 1. The van der Waals surface area contributed by atoms with Gasteiger partial charge in [-0.2, -0.15) is 0 Å². The van der Waals surface area contributed by atoms with Crippen LogP contribution in [0.15, 0.2) is 18.7 Å². The summed E-state index contributed by atoms with van der Waals surface area (Å²) in [7, 11) is 2.01. The lowest BCUT2D eigenvalue weighted by Crippen LogP contribution is -2.29. The molecule has 0 aromatic carbocycles. The van der Waals surface area contributed by atoms with Crippen molar-refractivity contribution in [3.8, 4) is 0 Å². The van der Waals surface area contributed by atoms with Gasteiger partial charge in [-0.05, 0) is 19.3 Å². The SMILES string of the molecule is C[n+]1ccn([C@H]2CCCC[C@H]2O)c1. The van der Waals surface area contributed by atoms with Crippen LogP contribution in [-0.4, -0.2) is 15.8 Å². The molecular weight excluding hydrogens is 164 g/mol. The zero-order valence-electron chi connectivity index (χ0n) is 8.06. The molecule has 1 aromatic rings. The van der Waals surface area contributed by atoms with Crippen LogP contribution in [0.3, 0.4) is 0 Å². The maximum Gasteiger partial charge on any atom is 0.243 e. The number of imidazole rings is 1. The van der Waals surface area contributed by atoms with Gasteiger partial charge in [0.25, 0.3) is 0 Å². The topological polar surface area (TPSA) is 29.0 Å². The summed E-state index contributed by atoms with van der Waals surface area (Å²) < 4.78 is 4.14. The Morgan fingerprint density at radius 3 is 2.77 bits per heavy atom. The summed E-state index contributed by atoms with van der Waals surface area (Å²) in [6, 6.07) is 0.301. The molecular formula is C10H17N2O+. The van der Waals surface area contributed by atoms with E-state index in [4.69, 9.17) is 0 Å². The Labute approximate surface area is 78.6 Å². The molecule has 0 bridgehead atoms. The Balaban J connectivity index is 2.14. The van der Waals surface area contributed by atoms with Gasteiger partial charge < -0.3 is 5.11 Å². The first-order chi connectivity index (χ1) is 6.27. The summed E-state index contributed by atoms with van der Waals surface area (Å²) in [5.74, 6) is 0. The third-order valence-corrected chi connectivity index (χ3v) is 2.87. The molecule has 1 aliphatic carbocycles. The highest BCUT2D eigenvalue weighted by molar-refractivity contribution is 4.83. The molecule has 3 nitrogen and oxygen atoms in total. The Kier molecular flexibility index (Phi) is 2.36. The van der Waals surface area contributed by atoms with Crippen LogP contribution >= 0.6 is 0 Å². The molecule has 1 N–H and O–H groups in total. The van der Waals surface area contributed by atoms with E-state index < -0.39 is 0 Å². The molecule has 0 spiro atoms. The fourth-order valence-corrected chi connectivity index (χ4v) is 2.11. The van der Waals surface area contributed by atoms with Crippen molar-refractivity contribution in [3.05, 3.63) is 18.7 Å². The summed E-state index contributed by atoms with van der Waals surface area (Å²) >= 11 is 0. The second-order valence-electron chi connectivity index (χ2n) is 3.95. The molecule has 1 saturated carbocycles. The van der Waals surface area contributed by atoms with E-state index in [9.17, 15) is 5.11 Å². The molecule has 1 heterocycles. The predicted molar refractivity (Wildman–Crippen MR) is 49.1 cm³/mol. The Bertz CT molecular complexity index is 282. The lowest BCUT2D eigenvalue weighted by atomic mass is 9.92. The molecule has 72 valence electrons. The van der Waals surface area contributed by atoms with Gasteiger partial charge in [0.2, 0.25) is 6.33 Å². The molecule has 2 rings (SSSR count). The minimum Gasteiger partial charge on any atom is -0.389 e. The lowest BCUT2D eigenvalue weighted by Gasteiger charge is -2.24. The largest absolute Gasteiger partial charge is 0.389 e. The summed E-state index contributed by atoms with van der Waals surface area (Å²) in [6.45, 7) is 0. The standard InChI is InChI=1S/C10H17N2O/c1-11-6-7-12(8-11)9-4-2-3-5-10(9)13/h6-10,13H,2-5H2,1H3/q+1/t9-,10+/m0/s1. The maximum absolute atomic E-state index is 9.80. The van der Waals surface area contributed by atoms with E-state index in [1.807, 2.05) is 30.3 Å². The van der Waals surface area contributed by atoms with E-state index in [1.54, 1.807) is 0 Å². The number of aromatic nitrogens is 2. The molecule has 1 aliphatic rings. The average Bonchev–Trinajstić information content (AvgIpc) is 2.53. The minimum atomic E-state index is -0.152. The van der Waals surface area contributed by atoms with Crippen LogP contribution in [0.2, 0.25) is 0 Å². The third-order valence-electron chi connectivity index (χ3n) is 2.87. The highest BCUT2D eigenvalue weighted by Crippen LogP contribution is 2.27. The number of aryl methyl sites for hydroxylation is 1. The van der Waals surface area contributed by atoms with Crippen LogP contribution in [0.25, 0.3) is 0 Å². The fourth-order valence-electron chi connectivity index (χ4n) is 2.11. The van der Waals surface area contributed by atoms with Gasteiger partial charge >= 0.3 is 0 Å². The normalized spacial score (nSPS) is 29.1. The van der Waals surface area contributed by atoms with Crippen molar-refractivity contribution in [2.24, 2.45) is 7.05 Å². The van der Waals surface area contributed by atoms with Gasteiger partial charge in [-0.1, -0.05) is 6.42 Å². The lowest BCUT2D eigenvalue weighted by molar-refractivity contribution is -0.671. The Hall–Kier alpha value is -0.830. The highest BCUT2D eigenvalue weighted by Gasteiger charge is 2.27. The summed E-state index contributed by atoms with van der Waals surface area (Å²) in [5, 5.41) is 9.80. The molecule has 0 radical (unpaired) electrons. The third kappa shape index (κ3) is 1.75. The first kappa shape index (κ1) is 8.75. The molecule has 1 fully saturated rings. The quantitative estimate of drug-likeness (QED) is 0.638. The smallest absolute Gasteiger partial charge is 0.243 e. The van der Waals surface area contributed by atoms with Crippen molar-refractivity contribution in [1.29, 1.82) is 0 Å². The van der Waals surface area contributed by atoms with Gasteiger partial charge in [-0.25, -0.2) is 9.13 Å². The second kappa shape index (κ2) is 3.50. The van der Waals surface area contributed by atoms with Crippen LogP contribution in [0.5, 0.6) is 0 Å². The van der Waals surface area contributed by atoms with E-state index >= 15 is 0 Å². The van der Waals surface area contributed by atoms with Crippen molar-refractivity contribution in [1.82, 2.24) is 4.57 Å². The molecule has 0 saturated heterocycles. The first-order valence-corrected chi connectivity index (χ1v) is 4.98. The monoisotopic (exact) mass is 181 g/mol. The molecule has 13 heavy (non-hydrogen) atoms. The zero-order chi connectivity index (χ0) is 9.26. The van der Waals surface area contributed by atoms with Crippen LogP contribution < -0.4 is 4.57 Å². The molecule has 0 unspecified atom stereocenters. The molecule has 2 atom stereocenters. The van der Waals surface area contributed by atoms with Crippen LogP contribution in [0, 0.1) is 0 Å². The predicted octanol–water partition coefficient (Wildman–Crippen LogP) is 0.789. The van der Waals surface area contributed by atoms with E-state index in [-0.39, 0.29) is 6.10 Å². The van der Waals surface area contributed by atoms with Crippen LogP contribution in [0.1, 0.15) is 31.7 Å². The molecule has 0 aliphatic heterocycles. The second-order valence-corrected chi connectivity index (χ2v) is 3.95. The minimum absolute atomic E-state index is 0.152. The van der Waals surface area contributed by atoms with Gasteiger partial charge in [-0.3, -0.25) is 0 Å². The van der Waals surface area contributed by atoms with E-state index in [1.165, 1.54) is 12.8 Å². The van der Waals surface area contributed by atoms with Crippen LogP contribution in [0.4, 0.5) is 0 Å². The van der Waals surface area contributed by atoms with Gasteiger partial charge in [-0.15, -0.1) is 0 Å². The van der Waals surface area contributed by atoms with Crippen molar-refractivity contribution >= 4 is 0 Å². The average molecular weight is 181 g/mol. The maximum atomic E-state index is 9.80. The number of nitrogens with zero attached hydrogens (tertiary/aromatic N) is 2. The van der Waals surface area contributed by atoms with E-state index in [0.29, 0.717) is 6.04 Å². The highest BCUT2D eigenvalue weighted by atomic mass is 16.3. The van der Waals surface area contributed by atoms with Gasteiger partial charge in [0.05, 0.1) is 13.2 Å². The Morgan fingerprint density at radius 2 is 2.15 bits per heavy atom. The summed E-state index contributed by atoms with van der Waals surface area (Å²) in [6.07, 6.45) is 10.4. The van der Waals surface area contributed by atoms with Crippen molar-refractivity contribution < 1.29 is 9.67 Å². The number of rotatable bonds is 1. The molecule has 3 heteroatoms.